The average Bonchev–Trinajstić information content (AvgIpc) is 2.26. The first-order valence-corrected chi connectivity index (χ1v) is 7.03. The van der Waals surface area contributed by atoms with E-state index in [4.69, 9.17) is 5.11 Å². The van der Waals surface area contributed by atoms with Gasteiger partial charge in [0.2, 0.25) is 0 Å². The van der Waals surface area contributed by atoms with Gasteiger partial charge in [-0.15, -0.1) is 0 Å². The zero-order valence-corrected chi connectivity index (χ0v) is 11.4. The molecule has 0 spiro atoms. The summed E-state index contributed by atoms with van der Waals surface area (Å²) in [5.74, 6) is 0.0882. The van der Waals surface area contributed by atoms with Crippen molar-refractivity contribution >= 4 is 16.3 Å². The lowest BCUT2D eigenvalue weighted by Gasteiger charge is -2.10. The topological polar surface area (TPSA) is 105 Å². The Morgan fingerprint density at radius 3 is 2.42 bits per heavy atom. The maximum Gasteiger partial charge on any atom is 0.422 e. The fourth-order valence-corrected chi connectivity index (χ4v) is 1.87. The third kappa shape index (κ3) is 6.07. The van der Waals surface area contributed by atoms with Crippen molar-refractivity contribution in [2.75, 3.05) is 0 Å². The molecule has 1 rings (SSSR count). The highest BCUT2D eigenvalue weighted by atomic mass is 32.2. The van der Waals surface area contributed by atoms with Crippen LogP contribution < -0.4 is 9.44 Å². The number of amides is 1. The van der Waals surface area contributed by atoms with Crippen molar-refractivity contribution in [2.24, 2.45) is 0 Å². The molecule has 3 N–H and O–H groups in total. The van der Waals surface area contributed by atoms with Gasteiger partial charge in [0.25, 0.3) is 0 Å². The number of phenolic OH excluding ortho intramolecular Hbond substituents is 1. The average molecular weight is 288 g/mol. The predicted octanol–water partition coefficient (Wildman–Crippen LogP) is 0.861. The van der Waals surface area contributed by atoms with E-state index < -0.39 is 22.4 Å². The van der Waals surface area contributed by atoms with Gasteiger partial charge in [-0.05, 0) is 31.5 Å². The molecule has 0 saturated carbocycles. The van der Waals surface area contributed by atoms with Gasteiger partial charge in [-0.3, -0.25) is 0 Å². The highest BCUT2D eigenvalue weighted by Gasteiger charge is 2.15. The lowest BCUT2D eigenvalue weighted by atomic mass is 10.2. The lowest BCUT2D eigenvalue weighted by Crippen LogP contribution is -2.40. The van der Waals surface area contributed by atoms with Crippen LogP contribution >= 0.6 is 0 Å². The van der Waals surface area contributed by atoms with Crippen LogP contribution in [0.5, 0.6) is 5.75 Å². The Balaban J connectivity index is 2.51. The van der Waals surface area contributed by atoms with Crippen molar-refractivity contribution in [1.29, 1.82) is 0 Å². The quantitative estimate of drug-likeness (QED) is 0.745. The second kappa shape index (κ2) is 6.39. The molecule has 0 aromatic heterocycles. The van der Waals surface area contributed by atoms with Crippen LogP contribution in [-0.4, -0.2) is 25.7 Å². The molecule has 0 radical (unpaired) electrons. The first-order valence-electron chi connectivity index (χ1n) is 5.54. The van der Waals surface area contributed by atoms with Gasteiger partial charge in [-0.1, -0.05) is 12.1 Å². The monoisotopic (exact) mass is 288 g/mol. The van der Waals surface area contributed by atoms with E-state index in [0.717, 1.165) is 0 Å². The first-order chi connectivity index (χ1) is 8.78. The summed E-state index contributed by atoms with van der Waals surface area (Å²) >= 11 is 0. The first kappa shape index (κ1) is 15.3. The third-order valence-electron chi connectivity index (χ3n) is 1.96. The summed E-state index contributed by atoms with van der Waals surface area (Å²) in [4.78, 5) is 11.1. The fourth-order valence-electron chi connectivity index (χ4n) is 1.18. The standard InChI is InChI=1S/C11H16N2O5S/c1-8(2)18-11(15)13-19(16,17)12-7-9-3-5-10(14)6-4-9/h3-6,8,12,14H,7H2,1-2H3,(H,13,15). The minimum absolute atomic E-state index is 0.00935. The van der Waals surface area contributed by atoms with E-state index in [0.29, 0.717) is 5.56 Å². The van der Waals surface area contributed by atoms with Crippen LogP contribution in [0.3, 0.4) is 0 Å². The van der Waals surface area contributed by atoms with Gasteiger partial charge < -0.3 is 9.84 Å². The number of rotatable bonds is 5. The number of benzene rings is 1. The highest BCUT2D eigenvalue weighted by molar-refractivity contribution is 7.88. The Hall–Kier alpha value is -1.80. The number of carbonyl (C=O) groups is 1. The second-order valence-electron chi connectivity index (χ2n) is 4.05. The summed E-state index contributed by atoms with van der Waals surface area (Å²) < 4.78 is 31.5. The molecule has 0 aliphatic rings. The molecule has 0 heterocycles. The van der Waals surface area contributed by atoms with Crippen molar-refractivity contribution in [1.82, 2.24) is 9.44 Å². The van der Waals surface area contributed by atoms with Crippen molar-refractivity contribution in [3.63, 3.8) is 0 Å². The molecule has 1 aromatic rings. The minimum atomic E-state index is -3.97. The Morgan fingerprint density at radius 1 is 1.32 bits per heavy atom. The zero-order valence-electron chi connectivity index (χ0n) is 10.6. The zero-order chi connectivity index (χ0) is 14.5. The van der Waals surface area contributed by atoms with Crippen LogP contribution in [0.4, 0.5) is 4.79 Å². The largest absolute Gasteiger partial charge is 0.508 e. The van der Waals surface area contributed by atoms with Crippen LogP contribution in [0.1, 0.15) is 19.4 Å². The normalized spacial score (nSPS) is 11.3. The summed E-state index contributed by atoms with van der Waals surface area (Å²) in [5.41, 5.74) is 0.639. The molecule has 1 amide bonds. The van der Waals surface area contributed by atoms with Crippen molar-refractivity contribution in [3.8, 4) is 5.75 Å². The Bertz CT molecular complexity index is 525. The van der Waals surface area contributed by atoms with Gasteiger partial charge in [0, 0.05) is 6.54 Å². The molecule has 0 aliphatic carbocycles. The van der Waals surface area contributed by atoms with Crippen LogP contribution in [0.25, 0.3) is 0 Å². The summed E-state index contributed by atoms with van der Waals surface area (Å²) in [7, 11) is -3.97. The molecule has 1 aromatic carbocycles. The van der Waals surface area contributed by atoms with Gasteiger partial charge in [0.15, 0.2) is 0 Å². The van der Waals surface area contributed by atoms with Crippen LogP contribution in [0.2, 0.25) is 0 Å². The number of hydrogen-bond donors (Lipinski definition) is 3. The molecule has 7 nitrogen and oxygen atoms in total. The van der Waals surface area contributed by atoms with E-state index >= 15 is 0 Å². The lowest BCUT2D eigenvalue weighted by molar-refractivity contribution is 0.121. The number of nitrogens with one attached hydrogen (secondary N) is 2. The summed E-state index contributed by atoms with van der Waals surface area (Å²) in [6, 6.07) is 5.99. The molecule has 0 unspecified atom stereocenters. The van der Waals surface area contributed by atoms with E-state index in [1.54, 1.807) is 30.7 Å². The van der Waals surface area contributed by atoms with Gasteiger partial charge in [0.1, 0.15) is 5.75 Å². The number of hydrogen-bond acceptors (Lipinski definition) is 5. The highest BCUT2D eigenvalue weighted by Crippen LogP contribution is 2.09. The molecule has 0 bridgehead atoms. The number of ether oxygens (including phenoxy) is 1. The molecule has 0 aliphatic heterocycles. The molecule has 19 heavy (non-hydrogen) atoms. The smallest absolute Gasteiger partial charge is 0.422 e. The Kier molecular flexibility index (Phi) is 5.13. The van der Waals surface area contributed by atoms with Crippen LogP contribution in [0, 0.1) is 0 Å². The van der Waals surface area contributed by atoms with Crippen molar-refractivity contribution < 1.29 is 23.1 Å². The van der Waals surface area contributed by atoms with E-state index in [2.05, 4.69) is 9.46 Å². The fraction of sp³-hybridized carbons (Fsp3) is 0.364. The van der Waals surface area contributed by atoms with E-state index in [1.165, 1.54) is 12.1 Å². The van der Waals surface area contributed by atoms with E-state index in [1.807, 2.05) is 0 Å². The number of phenols is 1. The van der Waals surface area contributed by atoms with Crippen molar-refractivity contribution in [3.05, 3.63) is 29.8 Å². The van der Waals surface area contributed by atoms with Gasteiger partial charge in [0.05, 0.1) is 6.10 Å². The molecular formula is C11H16N2O5S. The van der Waals surface area contributed by atoms with Crippen LogP contribution in [0.15, 0.2) is 24.3 Å². The molecule has 0 fully saturated rings. The summed E-state index contributed by atoms with van der Waals surface area (Å²) in [6.07, 6.45) is -1.44. The van der Waals surface area contributed by atoms with Crippen LogP contribution in [-0.2, 0) is 21.5 Å². The molecular weight excluding hydrogens is 272 g/mol. The van der Waals surface area contributed by atoms with E-state index in [-0.39, 0.29) is 12.3 Å². The minimum Gasteiger partial charge on any atom is -0.508 e. The third-order valence-corrected chi connectivity index (χ3v) is 2.92. The number of aromatic hydroxyl groups is 1. The van der Waals surface area contributed by atoms with Crippen molar-refractivity contribution in [2.45, 2.75) is 26.5 Å². The predicted molar refractivity (Wildman–Crippen MR) is 68.6 cm³/mol. The van der Waals surface area contributed by atoms with Gasteiger partial charge in [-0.25, -0.2) is 9.52 Å². The maximum absolute atomic E-state index is 11.5. The summed E-state index contributed by atoms with van der Waals surface area (Å²) in [5, 5.41) is 9.08. The molecule has 8 heteroatoms. The summed E-state index contributed by atoms with van der Waals surface area (Å²) in [6.45, 7) is 3.21. The maximum atomic E-state index is 11.5. The molecule has 0 saturated heterocycles. The van der Waals surface area contributed by atoms with Gasteiger partial charge >= 0.3 is 16.3 Å². The second-order valence-corrected chi connectivity index (χ2v) is 5.55. The Labute approximate surface area is 111 Å². The Morgan fingerprint density at radius 2 is 1.89 bits per heavy atom. The number of carbonyl (C=O) groups excluding carboxylic acids is 1. The SMILES string of the molecule is CC(C)OC(=O)NS(=O)(=O)NCc1ccc(O)cc1. The van der Waals surface area contributed by atoms with E-state index in [9.17, 15) is 13.2 Å². The molecule has 106 valence electrons. The van der Waals surface area contributed by atoms with Gasteiger partial charge in [-0.2, -0.15) is 13.1 Å². The molecule has 0 atom stereocenters.